The molecule has 0 radical (unpaired) electrons. The third-order valence-electron chi connectivity index (χ3n) is 5.03. The molecule has 1 amide bonds. The lowest BCUT2D eigenvalue weighted by molar-refractivity contribution is 0.0921. The molecule has 1 aliphatic heterocycles. The van der Waals surface area contributed by atoms with E-state index >= 15 is 0 Å². The van der Waals surface area contributed by atoms with E-state index < -0.39 is 0 Å². The summed E-state index contributed by atoms with van der Waals surface area (Å²) in [6.45, 7) is 10.7. The van der Waals surface area contributed by atoms with E-state index in [1.54, 1.807) is 0 Å². The van der Waals surface area contributed by atoms with Crippen molar-refractivity contribution in [3.8, 4) is 0 Å². The summed E-state index contributed by atoms with van der Waals surface area (Å²) in [4.78, 5) is 14.7. The molecule has 1 saturated carbocycles. The molecule has 1 aromatic rings. The van der Waals surface area contributed by atoms with Gasteiger partial charge in [-0.05, 0) is 32.6 Å². The lowest BCUT2D eigenvalue weighted by Gasteiger charge is -2.20. The van der Waals surface area contributed by atoms with E-state index in [9.17, 15) is 4.79 Å². The van der Waals surface area contributed by atoms with Crippen molar-refractivity contribution in [1.29, 1.82) is 0 Å². The van der Waals surface area contributed by atoms with Gasteiger partial charge in [-0.25, -0.2) is 0 Å². The molecule has 0 aromatic carbocycles. The fourth-order valence-corrected chi connectivity index (χ4v) is 2.96. The molecule has 1 saturated heterocycles. The number of aromatic nitrogens is 1. The lowest BCUT2D eigenvalue weighted by atomic mass is 10.1. The summed E-state index contributed by atoms with van der Waals surface area (Å²) in [6.07, 6.45) is 2.23. The van der Waals surface area contributed by atoms with Crippen LogP contribution < -0.4 is 5.32 Å². The van der Waals surface area contributed by atoms with Gasteiger partial charge in [0.15, 0.2) is 5.69 Å². The van der Waals surface area contributed by atoms with Crippen LogP contribution in [0.1, 0.15) is 56.8 Å². The van der Waals surface area contributed by atoms with E-state index in [-0.39, 0.29) is 17.4 Å². The van der Waals surface area contributed by atoms with Gasteiger partial charge in [-0.15, -0.1) is 0 Å². The first-order chi connectivity index (χ1) is 9.89. The Morgan fingerprint density at radius 3 is 2.76 bits per heavy atom. The summed E-state index contributed by atoms with van der Waals surface area (Å²) >= 11 is 0. The van der Waals surface area contributed by atoms with E-state index in [2.05, 4.69) is 43.1 Å². The summed E-state index contributed by atoms with van der Waals surface area (Å²) in [7, 11) is 0. The third kappa shape index (κ3) is 2.84. The van der Waals surface area contributed by atoms with Gasteiger partial charge >= 0.3 is 0 Å². The SMILES string of the molecule is CC(C)N1C[C@@H](C)[C@H](NC(=O)c2cc(C3(C)CC3)on2)C1. The molecule has 1 N–H and O–H groups in total. The van der Waals surface area contributed by atoms with Crippen LogP contribution in [0.25, 0.3) is 0 Å². The second kappa shape index (κ2) is 5.13. The van der Waals surface area contributed by atoms with Gasteiger partial charge in [-0.1, -0.05) is 19.0 Å². The Kier molecular flexibility index (Phi) is 3.56. The first-order valence-electron chi connectivity index (χ1n) is 7.91. The number of nitrogens with one attached hydrogen (secondary N) is 1. The van der Waals surface area contributed by atoms with E-state index in [1.165, 1.54) is 0 Å². The zero-order valence-corrected chi connectivity index (χ0v) is 13.3. The fourth-order valence-electron chi connectivity index (χ4n) is 2.96. The zero-order valence-electron chi connectivity index (χ0n) is 13.3. The van der Waals surface area contributed by atoms with Crippen LogP contribution in [0.2, 0.25) is 0 Å². The predicted molar refractivity (Wildman–Crippen MR) is 80.2 cm³/mol. The van der Waals surface area contributed by atoms with Gasteiger partial charge < -0.3 is 9.84 Å². The molecule has 21 heavy (non-hydrogen) atoms. The zero-order chi connectivity index (χ0) is 15.2. The van der Waals surface area contributed by atoms with Crippen LogP contribution in [0, 0.1) is 5.92 Å². The Morgan fingerprint density at radius 1 is 1.48 bits per heavy atom. The highest BCUT2D eigenvalue weighted by Crippen LogP contribution is 2.47. The molecule has 5 heteroatoms. The Balaban J connectivity index is 1.62. The molecule has 5 nitrogen and oxygen atoms in total. The average Bonchev–Trinajstić information content (AvgIpc) is 2.89. The van der Waals surface area contributed by atoms with Crippen LogP contribution in [-0.2, 0) is 5.41 Å². The van der Waals surface area contributed by atoms with Crippen molar-refractivity contribution >= 4 is 5.91 Å². The van der Waals surface area contributed by atoms with Gasteiger partial charge in [0, 0.05) is 36.7 Å². The highest BCUT2D eigenvalue weighted by atomic mass is 16.5. The maximum Gasteiger partial charge on any atom is 0.273 e. The summed E-state index contributed by atoms with van der Waals surface area (Å²) in [5.74, 6) is 1.19. The van der Waals surface area contributed by atoms with Crippen LogP contribution in [0.3, 0.4) is 0 Å². The quantitative estimate of drug-likeness (QED) is 0.924. The molecule has 0 spiro atoms. The highest BCUT2D eigenvalue weighted by molar-refractivity contribution is 5.92. The first kappa shape index (κ1) is 14.6. The number of likely N-dealkylation sites (tertiary alicyclic amines) is 1. The number of amides is 1. The Morgan fingerprint density at radius 2 is 2.19 bits per heavy atom. The van der Waals surface area contributed by atoms with Crippen LogP contribution in [0.15, 0.2) is 10.6 Å². The molecule has 2 aliphatic rings. The average molecular weight is 291 g/mol. The first-order valence-corrected chi connectivity index (χ1v) is 7.91. The van der Waals surface area contributed by atoms with E-state index in [4.69, 9.17) is 4.52 Å². The predicted octanol–water partition coefficient (Wildman–Crippen LogP) is 2.18. The van der Waals surface area contributed by atoms with Crippen molar-refractivity contribution in [1.82, 2.24) is 15.4 Å². The van der Waals surface area contributed by atoms with Gasteiger partial charge in [0.05, 0.1) is 0 Å². The summed E-state index contributed by atoms with van der Waals surface area (Å²) in [5.41, 5.74) is 0.522. The minimum Gasteiger partial charge on any atom is -0.360 e. The number of carbonyl (C=O) groups is 1. The molecule has 116 valence electrons. The normalized spacial score (nSPS) is 28.0. The monoisotopic (exact) mass is 291 g/mol. The second-order valence-corrected chi connectivity index (χ2v) is 7.24. The van der Waals surface area contributed by atoms with Gasteiger partial charge in [0.25, 0.3) is 5.91 Å². The van der Waals surface area contributed by atoms with Gasteiger partial charge in [0.1, 0.15) is 5.76 Å². The van der Waals surface area contributed by atoms with Crippen molar-refractivity contribution in [2.24, 2.45) is 5.92 Å². The smallest absolute Gasteiger partial charge is 0.273 e. The molecule has 2 heterocycles. The van der Waals surface area contributed by atoms with Gasteiger partial charge in [-0.2, -0.15) is 0 Å². The fraction of sp³-hybridized carbons (Fsp3) is 0.750. The van der Waals surface area contributed by atoms with Crippen molar-refractivity contribution in [2.45, 2.75) is 58.0 Å². The topological polar surface area (TPSA) is 58.4 Å². The Bertz CT molecular complexity index is 533. The summed E-state index contributed by atoms with van der Waals surface area (Å²) < 4.78 is 5.34. The van der Waals surface area contributed by atoms with Crippen LogP contribution in [-0.4, -0.2) is 41.1 Å². The minimum atomic E-state index is -0.114. The molecule has 1 aromatic heterocycles. The maximum atomic E-state index is 12.3. The summed E-state index contributed by atoms with van der Waals surface area (Å²) in [5, 5.41) is 7.06. The third-order valence-corrected chi connectivity index (χ3v) is 5.03. The minimum absolute atomic E-state index is 0.112. The number of nitrogens with zero attached hydrogens (tertiary/aromatic N) is 2. The molecule has 2 fully saturated rings. The maximum absolute atomic E-state index is 12.3. The lowest BCUT2D eigenvalue weighted by Crippen LogP contribution is -2.40. The molecule has 3 rings (SSSR count). The molecule has 2 atom stereocenters. The molecule has 0 bridgehead atoms. The van der Waals surface area contributed by atoms with Crippen molar-refractivity contribution < 1.29 is 9.32 Å². The largest absolute Gasteiger partial charge is 0.360 e. The van der Waals surface area contributed by atoms with Crippen LogP contribution >= 0.6 is 0 Å². The second-order valence-electron chi connectivity index (χ2n) is 7.24. The van der Waals surface area contributed by atoms with Gasteiger partial charge in [-0.3, -0.25) is 9.69 Å². The van der Waals surface area contributed by atoms with Crippen LogP contribution in [0.5, 0.6) is 0 Å². The number of hydrogen-bond donors (Lipinski definition) is 1. The molecular weight excluding hydrogens is 266 g/mol. The van der Waals surface area contributed by atoms with Gasteiger partial charge in [0.2, 0.25) is 0 Å². The number of rotatable bonds is 4. The van der Waals surface area contributed by atoms with Crippen molar-refractivity contribution in [3.05, 3.63) is 17.5 Å². The standard InChI is InChI=1S/C16H25N3O2/c1-10(2)19-8-11(3)13(9-19)17-15(20)12-7-14(21-18-12)16(4)5-6-16/h7,10-11,13H,5-6,8-9H2,1-4H3,(H,17,20)/t11-,13-/m1/s1. The van der Waals surface area contributed by atoms with E-state index in [0.29, 0.717) is 17.7 Å². The van der Waals surface area contributed by atoms with Crippen LogP contribution in [0.4, 0.5) is 0 Å². The number of hydrogen-bond acceptors (Lipinski definition) is 4. The molecule has 0 unspecified atom stereocenters. The van der Waals surface area contributed by atoms with E-state index in [0.717, 1.165) is 31.7 Å². The molecule has 1 aliphatic carbocycles. The van der Waals surface area contributed by atoms with Crippen molar-refractivity contribution in [3.63, 3.8) is 0 Å². The molecular formula is C16H25N3O2. The summed E-state index contributed by atoms with van der Waals surface area (Å²) in [6, 6.07) is 2.52. The van der Waals surface area contributed by atoms with Crippen molar-refractivity contribution in [2.75, 3.05) is 13.1 Å². The van der Waals surface area contributed by atoms with E-state index in [1.807, 2.05) is 6.07 Å². The Hall–Kier alpha value is -1.36. The number of carbonyl (C=O) groups excluding carboxylic acids is 1. The Labute approximate surface area is 126 Å². The highest BCUT2D eigenvalue weighted by Gasteiger charge is 2.43.